The van der Waals surface area contributed by atoms with Crippen LogP contribution in [0.5, 0.6) is 11.5 Å². The van der Waals surface area contributed by atoms with Gasteiger partial charge in [0.05, 0.1) is 24.8 Å². The normalized spacial score (nSPS) is 12.0. The molecule has 2 amide bonds. The predicted octanol–water partition coefficient (Wildman–Crippen LogP) is 5.16. The standard InChI is InChI=1S/C33H43N3O6S/c1-9-29(33(38)34-22(2)3)35(20-26-12-10-23(4)11-13-26)32(37)21-36(27-17-24(5)16-25(6)18-27)43(39,40)28-14-15-30(41-7)31(19-28)42-8/h10-19,22,29H,9,20-21H2,1-8H3,(H,34,38)/t29-/m0/s1. The van der Waals surface area contributed by atoms with Crippen LogP contribution >= 0.6 is 0 Å². The molecule has 1 N–H and O–H groups in total. The highest BCUT2D eigenvalue weighted by atomic mass is 32.2. The molecule has 3 aromatic carbocycles. The van der Waals surface area contributed by atoms with Gasteiger partial charge in [-0.3, -0.25) is 13.9 Å². The molecule has 10 heteroatoms. The van der Waals surface area contributed by atoms with Crippen molar-refractivity contribution in [1.29, 1.82) is 0 Å². The maximum atomic E-state index is 14.3. The summed E-state index contributed by atoms with van der Waals surface area (Å²) in [7, 11) is -1.38. The summed E-state index contributed by atoms with van der Waals surface area (Å²) in [5.74, 6) is -0.178. The third-order valence-electron chi connectivity index (χ3n) is 7.01. The number of methoxy groups -OCH3 is 2. The number of sulfonamides is 1. The van der Waals surface area contributed by atoms with E-state index < -0.39 is 28.5 Å². The van der Waals surface area contributed by atoms with Gasteiger partial charge >= 0.3 is 0 Å². The number of hydrogen-bond acceptors (Lipinski definition) is 6. The van der Waals surface area contributed by atoms with Crippen LogP contribution < -0.4 is 19.1 Å². The maximum absolute atomic E-state index is 14.3. The fourth-order valence-electron chi connectivity index (χ4n) is 4.92. The first kappa shape index (κ1) is 33.5. The summed E-state index contributed by atoms with van der Waals surface area (Å²) in [6, 6.07) is 16.5. The Morgan fingerprint density at radius 3 is 1.98 bits per heavy atom. The summed E-state index contributed by atoms with van der Waals surface area (Å²) in [5, 5.41) is 2.91. The molecule has 3 rings (SSSR count). The third kappa shape index (κ3) is 8.28. The van der Waals surface area contributed by atoms with Crippen molar-refractivity contribution in [2.75, 3.05) is 25.1 Å². The van der Waals surface area contributed by atoms with E-state index in [0.717, 1.165) is 26.6 Å². The molecule has 3 aromatic rings. The minimum atomic E-state index is -4.27. The third-order valence-corrected chi connectivity index (χ3v) is 8.78. The molecule has 0 aliphatic carbocycles. The molecule has 9 nitrogen and oxygen atoms in total. The van der Waals surface area contributed by atoms with E-state index in [1.807, 2.05) is 71.9 Å². The number of nitrogens with one attached hydrogen (secondary N) is 1. The lowest BCUT2D eigenvalue weighted by Gasteiger charge is -2.33. The van der Waals surface area contributed by atoms with Crippen LogP contribution in [0.25, 0.3) is 0 Å². The molecule has 0 radical (unpaired) electrons. The van der Waals surface area contributed by atoms with E-state index in [1.165, 1.54) is 37.3 Å². The van der Waals surface area contributed by atoms with Gasteiger partial charge in [0.25, 0.3) is 10.0 Å². The van der Waals surface area contributed by atoms with E-state index in [4.69, 9.17) is 9.47 Å². The maximum Gasteiger partial charge on any atom is 0.264 e. The van der Waals surface area contributed by atoms with Gasteiger partial charge in [0.2, 0.25) is 11.8 Å². The lowest BCUT2D eigenvalue weighted by Crippen LogP contribution is -2.53. The van der Waals surface area contributed by atoms with Crippen molar-refractivity contribution in [1.82, 2.24) is 10.2 Å². The number of carbonyl (C=O) groups excluding carboxylic acids is 2. The number of anilines is 1. The first-order valence-corrected chi connectivity index (χ1v) is 15.7. The quantitative estimate of drug-likeness (QED) is 0.287. The average molecular weight is 610 g/mol. The molecule has 0 fully saturated rings. The molecule has 232 valence electrons. The number of carbonyl (C=O) groups is 2. The Hall–Kier alpha value is -4.05. The second kappa shape index (κ2) is 14.4. The van der Waals surface area contributed by atoms with Gasteiger partial charge in [0.15, 0.2) is 11.5 Å². The molecule has 0 spiro atoms. The lowest BCUT2D eigenvalue weighted by atomic mass is 10.1. The van der Waals surface area contributed by atoms with Crippen LogP contribution in [0.1, 0.15) is 49.4 Å². The first-order chi connectivity index (χ1) is 20.3. The van der Waals surface area contributed by atoms with Crippen molar-refractivity contribution in [2.24, 2.45) is 0 Å². The second-order valence-electron chi connectivity index (χ2n) is 11.0. The number of benzene rings is 3. The topological polar surface area (TPSA) is 105 Å². The van der Waals surface area contributed by atoms with E-state index in [1.54, 1.807) is 12.1 Å². The summed E-state index contributed by atoms with van der Waals surface area (Å²) in [5.41, 5.74) is 3.92. The van der Waals surface area contributed by atoms with Gasteiger partial charge in [-0.2, -0.15) is 0 Å². The minimum Gasteiger partial charge on any atom is -0.493 e. The highest BCUT2D eigenvalue weighted by Gasteiger charge is 2.34. The number of hydrogen-bond donors (Lipinski definition) is 1. The van der Waals surface area contributed by atoms with Gasteiger partial charge in [-0.1, -0.05) is 42.8 Å². The van der Waals surface area contributed by atoms with Crippen molar-refractivity contribution in [3.05, 3.63) is 82.9 Å². The molecule has 43 heavy (non-hydrogen) atoms. The summed E-state index contributed by atoms with van der Waals surface area (Å²) in [4.78, 5) is 29.0. The fraction of sp³-hybridized carbons (Fsp3) is 0.394. The zero-order chi connectivity index (χ0) is 31.9. The van der Waals surface area contributed by atoms with Crippen molar-refractivity contribution >= 4 is 27.5 Å². The summed E-state index contributed by atoms with van der Waals surface area (Å²) in [6.45, 7) is 10.9. The van der Waals surface area contributed by atoms with Gasteiger partial charge in [0, 0.05) is 18.7 Å². The SMILES string of the molecule is CC[C@@H](C(=O)NC(C)C)N(Cc1ccc(C)cc1)C(=O)CN(c1cc(C)cc(C)c1)S(=O)(=O)c1ccc(OC)c(OC)c1. The molecular formula is C33H43N3O6S. The monoisotopic (exact) mass is 609 g/mol. The van der Waals surface area contributed by atoms with Crippen LogP contribution in [0.4, 0.5) is 5.69 Å². The van der Waals surface area contributed by atoms with Gasteiger partial charge < -0.3 is 19.7 Å². The van der Waals surface area contributed by atoms with E-state index in [0.29, 0.717) is 17.9 Å². The zero-order valence-electron chi connectivity index (χ0n) is 26.3. The van der Waals surface area contributed by atoms with Crippen molar-refractivity contribution < 1.29 is 27.5 Å². The zero-order valence-corrected chi connectivity index (χ0v) is 27.1. The molecular weight excluding hydrogens is 566 g/mol. The number of nitrogens with zero attached hydrogens (tertiary/aromatic N) is 2. The fourth-order valence-corrected chi connectivity index (χ4v) is 6.33. The van der Waals surface area contributed by atoms with Crippen molar-refractivity contribution in [2.45, 2.75) is 71.5 Å². The smallest absolute Gasteiger partial charge is 0.264 e. The van der Waals surface area contributed by atoms with Crippen LogP contribution in [-0.4, -0.2) is 58.0 Å². The Labute approximate surface area is 255 Å². The van der Waals surface area contributed by atoms with Gasteiger partial charge in [-0.25, -0.2) is 8.42 Å². The number of aryl methyl sites for hydroxylation is 3. The minimum absolute atomic E-state index is 0.0632. The Kier molecular flexibility index (Phi) is 11.2. The molecule has 0 heterocycles. The van der Waals surface area contributed by atoms with Gasteiger partial charge in [-0.05, 0) is 82.0 Å². The average Bonchev–Trinajstić information content (AvgIpc) is 2.95. The number of amides is 2. The van der Waals surface area contributed by atoms with Crippen LogP contribution in [0, 0.1) is 20.8 Å². The van der Waals surface area contributed by atoms with Crippen LogP contribution in [-0.2, 0) is 26.2 Å². The molecule has 0 unspecified atom stereocenters. The van der Waals surface area contributed by atoms with Crippen LogP contribution in [0.15, 0.2) is 65.6 Å². The Balaban J connectivity index is 2.13. The van der Waals surface area contributed by atoms with E-state index in [9.17, 15) is 18.0 Å². The molecule has 0 saturated heterocycles. The summed E-state index contributed by atoms with van der Waals surface area (Å²) < 4.78 is 40.3. The Morgan fingerprint density at radius 2 is 1.44 bits per heavy atom. The van der Waals surface area contributed by atoms with Gasteiger partial charge in [0.1, 0.15) is 12.6 Å². The van der Waals surface area contributed by atoms with E-state index in [-0.39, 0.29) is 29.1 Å². The second-order valence-corrected chi connectivity index (χ2v) is 12.8. The van der Waals surface area contributed by atoms with E-state index in [2.05, 4.69) is 5.32 Å². The predicted molar refractivity (Wildman–Crippen MR) is 169 cm³/mol. The largest absolute Gasteiger partial charge is 0.493 e. The van der Waals surface area contributed by atoms with Gasteiger partial charge in [-0.15, -0.1) is 0 Å². The molecule has 0 bridgehead atoms. The summed E-state index contributed by atoms with van der Waals surface area (Å²) in [6.07, 6.45) is 0.349. The van der Waals surface area contributed by atoms with Crippen molar-refractivity contribution in [3.63, 3.8) is 0 Å². The first-order valence-electron chi connectivity index (χ1n) is 14.3. The molecule has 0 aliphatic rings. The van der Waals surface area contributed by atoms with E-state index >= 15 is 0 Å². The van der Waals surface area contributed by atoms with Crippen LogP contribution in [0.2, 0.25) is 0 Å². The molecule has 0 aromatic heterocycles. The molecule has 0 saturated carbocycles. The highest BCUT2D eigenvalue weighted by Crippen LogP contribution is 2.33. The van der Waals surface area contributed by atoms with Crippen molar-refractivity contribution in [3.8, 4) is 11.5 Å². The van der Waals surface area contributed by atoms with Crippen LogP contribution in [0.3, 0.4) is 0 Å². The Bertz CT molecular complexity index is 1520. The number of rotatable bonds is 13. The molecule has 0 aliphatic heterocycles. The lowest BCUT2D eigenvalue weighted by molar-refractivity contribution is -0.140. The Morgan fingerprint density at radius 1 is 0.837 bits per heavy atom. The summed E-state index contributed by atoms with van der Waals surface area (Å²) >= 11 is 0. The molecule has 1 atom stereocenters. The highest BCUT2D eigenvalue weighted by molar-refractivity contribution is 7.92. The number of ether oxygens (including phenoxy) is 2.